The van der Waals surface area contributed by atoms with Crippen LogP contribution >= 0.6 is 0 Å². The topological polar surface area (TPSA) is 21.3 Å². The zero-order valence-corrected chi connectivity index (χ0v) is 11.7. The van der Waals surface area contributed by atoms with Crippen LogP contribution in [0.4, 0.5) is 13.2 Å². The van der Waals surface area contributed by atoms with Crippen LogP contribution in [0.2, 0.25) is 0 Å². The molecule has 1 N–H and O–H groups in total. The van der Waals surface area contributed by atoms with E-state index in [1.807, 2.05) is 0 Å². The van der Waals surface area contributed by atoms with Gasteiger partial charge in [-0.3, -0.25) is 0 Å². The van der Waals surface area contributed by atoms with E-state index in [9.17, 15) is 13.2 Å². The summed E-state index contributed by atoms with van der Waals surface area (Å²) in [6.07, 6.45) is -0.541. The van der Waals surface area contributed by atoms with E-state index in [2.05, 4.69) is 30.8 Å². The third-order valence-corrected chi connectivity index (χ3v) is 3.17. The van der Waals surface area contributed by atoms with Crippen molar-refractivity contribution in [3.05, 3.63) is 0 Å². The Balaban J connectivity index is 3.72. The minimum atomic E-state index is -4.21. The van der Waals surface area contributed by atoms with Crippen molar-refractivity contribution < 1.29 is 17.9 Å². The Morgan fingerprint density at radius 1 is 1.17 bits per heavy atom. The van der Waals surface area contributed by atoms with E-state index in [0.717, 1.165) is 32.4 Å². The summed E-state index contributed by atoms with van der Waals surface area (Å²) in [5.41, 5.74) is 0.150. The summed E-state index contributed by atoms with van der Waals surface area (Å²) in [6, 6.07) is 0. The smallest absolute Gasteiger partial charge is 0.372 e. The van der Waals surface area contributed by atoms with E-state index < -0.39 is 12.8 Å². The molecule has 0 rings (SSSR count). The van der Waals surface area contributed by atoms with Gasteiger partial charge in [-0.05, 0) is 37.6 Å². The van der Waals surface area contributed by atoms with Crippen molar-refractivity contribution in [2.45, 2.75) is 52.6 Å². The van der Waals surface area contributed by atoms with Gasteiger partial charge in [-0.15, -0.1) is 0 Å². The van der Waals surface area contributed by atoms with Crippen LogP contribution in [0.3, 0.4) is 0 Å². The van der Waals surface area contributed by atoms with Gasteiger partial charge in [-0.2, -0.15) is 13.2 Å². The number of alkyl halides is 3. The number of hydrogen-bond donors (Lipinski definition) is 1. The van der Waals surface area contributed by atoms with Crippen LogP contribution in [-0.4, -0.2) is 32.5 Å². The van der Waals surface area contributed by atoms with Crippen LogP contribution in [0.5, 0.6) is 0 Å². The summed E-state index contributed by atoms with van der Waals surface area (Å²) >= 11 is 0. The third-order valence-electron chi connectivity index (χ3n) is 3.17. The molecule has 0 aromatic heterocycles. The maximum Gasteiger partial charge on any atom is 0.411 e. The van der Waals surface area contributed by atoms with E-state index in [1.54, 1.807) is 0 Å². The number of nitrogens with one attached hydrogen (secondary N) is 1. The Morgan fingerprint density at radius 2 is 1.83 bits per heavy atom. The average Bonchev–Trinajstić information content (AvgIpc) is 2.27. The molecule has 0 heterocycles. The molecule has 0 bridgehead atoms. The van der Waals surface area contributed by atoms with Crippen molar-refractivity contribution in [3.63, 3.8) is 0 Å². The fourth-order valence-corrected chi connectivity index (χ4v) is 1.75. The van der Waals surface area contributed by atoms with Crippen LogP contribution in [0.1, 0.15) is 46.5 Å². The molecule has 0 aromatic carbocycles. The first-order chi connectivity index (χ1) is 8.33. The summed E-state index contributed by atoms with van der Waals surface area (Å²) in [5.74, 6) is 0. The fraction of sp³-hybridized carbons (Fsp3) is 1.00. The standard InChI is InChI=1S/C13H26F3NO/c1-4-8-17-10-12(3,5-2)7-6-9-18-11-13(14,15)16/h17H,4-11H2,1-3H3. The Labute approximate surface area is 108 Å². The highest BCUT2D eigenvalue weighted by molar-refractivity contribution is 4.75. The third kappa shape index (κ3) is 9.71. The summed E-state index contributed by atoms with van der Waals surface area (Å²) in [6.45, 7) is 7.34. The second-order valence-electron chi connectivity index (χ2n) is 5.11. The molecule has 0 aromatic rings. The second-order valence-corrected chi connectivity index (χ2v) is 5.11. The Kier molecular flexibility index (Phi) is 8.61. The van der Waals surface area contributed by atoms with E-state index in [4.69, 9.17) is 0 Å². The molecule has 2 nitrogen and oxygen atoms in total. The molecule has 18 heavy (non-hydrogen) atoms. The van der Waals surface area contributed by atoms with Gasteiger partial charge in [0, 0.05) is 13.2 Å². The molecule has 1 atom stereocenters. The first kappa shape index (κ1) is 17.7. The molecule has 0 aliphatic heterocycles. The Hall–Kier alpha value is -0.290. The van der Waals surface area contributed by atoms with Crippen molar-refractivity contribution in [1.82, 2.24) is 5.32 Å². The molecule has 0 fully saturated rings. The molecule has 110 valence electrons. The first-order valence-electron chi connectivity index (χ1n) is 6.68. The summed E-state index contributed by atoms with van der Waals surface area (Å²) in [7, 11) is 0. The molecular weight excluding hydrogens is 243 g/mol. The predicted octanol–water partition coefficient (Wildman–Crippen LogP) is 3.76. The zero-order chi connectivity index (χ0) is 14.1. The van der Waals surface area contributed by atoms with Crippen molar-refractivity contribution in [2.24, 2.45) is 5.41 Å². The molecule has 5 heteroatoms. The molecule has 0 saturated carbocycles. The van der Waals surface area contributed by atoms with Gasteiger partial charge in [-0.1, -0.05) is 20.8 Å². The van der Waals surface area contributed by atoms with Gasteiger partial charge in [0.2, 0.25) is 0 Å². The predicted molar refractivity (Wildman–Crippen MR) is 67.7 cm³/mol. The Morgan fingerprint density at radius 3 is 2.33 bits per heavy atom. The van der Waals surface area contributed by atoms with Gasteiger partial charge >= 0.3 is 6.18 Å². The van der Waals surface area contributed by atoms with E-state index in [1.165, 1.54) is 0 Å². The lowest BCUT2D eigenvalue weighted by molar-refractivity contribution is -0.174. The van der Waals surface area contributed by atoms with Crippen molar-refractivity contribution in [1.29, 1.82) is 0 Å². The molecule has 0 radical (unpaired) electrons. The molecule has 0 spiro atoms. The average molecular weight is 269 g/mol. The van der Waals surface area contributed by atoms with Crippen LogP contribution in [0.15, 0.2) is 0 Å². The van der Waals surface area contributed by atoms with Gasteiger partial charge in [0.25, 0.3) is 0 Å². The fourth-order valence-electron chi connectivity index (χ4n) is 1.75. The van der Waals surface area contributed by atoms with Gasteiger partial charge in [0.1, 0.15) is 6.61 Å². The van der Waals surface area contributed by atoms with E-state index in [-0.39, 0.29) is 12.0 Å². The number of rotatable bonds is 10. The minimum absolute atomic E-state index is 0.150. The number of halogens is 3. The van der Waals surface area contributed by atoms with Crippen LogP contribution in [0, 0.1) is 5.41 Å². The molecule has 0 saturated heterocycles. The lowest BCUT2D eigenvalue weighted by Crippen LogP contribution is -2.32. The van der Waals surface area contributed by atoms with Crippen molar-refractivity contribution >= 4 is 0 Å². The van der Waals surface area contributed by atoms with Gasteiger partial charge in [0.05, 0.1) is 0 Å². The lowest BCUT2D eigenvalue weighted by Gasteiger charge is -2.28. The summed E-state index contributed by atoms with van der Waals surface area (Å²) in [5, 5.41) is 3.37. The molecule has 0 aliphatic carbocycles. The monoisotopic (exact) mass is 269 g/mol. The molecule has 0 amide bonds. The van der Waals surface area contributed by atoms with E-state index in [0.29, 0.717) is 6.42 Å². The normalized spacial score (nSPS) is 15.7. The lowest BCUT2D eigenvalue weighted by atomic mass is 9.83. The van der Waals surface area contributed by atoms with Gasteiger partial charge in [-0.25, -0.2) is 0 Å². The van der Waals surface area contributed by atoms with Crippen LogP contribution < -0.4 is 5.32 Å². The maximum absolute atomic E-state index is 11.9. The van der Waals surface area contributed by atoms with E-state index >= 15 is 0 Å². The minimum Gasteiger partial charge on any atom is -0.372 e. The quantitative estimate of drug-likeness (QED) is 0.610. The Bertz CT molecular complexity index is 209. The van der Waals surface area contributed by atoms with Gasteiger partial charge in [0.15, 0.2) is 0 Å². The largest absolute Gasteiger partial charge is 0.411 e. The molecule has 0 aliphatic rings. The molecule has 1 unspecified atom stereocenters. The number of ether oxygens (including phenoxy) is 1. The number of hydrogen-bond acceptors (Lipinski definition) is 2. The SMILES string of the molecule is CCCNCC(C)(CC)CCCOCC(F)(F)F. The summed E-state index contributed by atoms with van der Waals surface area (Å²) in [4.78, 5) is 0. The highest BCUT2D eigenvalue weighted by atomic mass is 19.4. The highest BCUT2D eigenvalue weighted by Gasteiger charge is 2.27. The van der Waals surface area contributed by atoms with Crippen molar-refractivity contribution in [2.75, 3.05) is 26.3 Å². The zero-order valence-electron chi connectivity index (χ0n) is 11.7. The van der Waals surface area contributed by atoms with Crippen LogP contribution in [0.25, 0.3) is 0 Å². The summed E-state index contributed by atoms with van der Waals surface area (Å²) < 4.78 is 40.2. The van der Waals surface area contributed by atoms with Crippen LogP contribution in [-0.2, 0) is 4.74 Å². The van der Waals surface area contributed by atoms with Gasteiger partial charge < -0.3 is 10.1 Å². The van der Waals surface area contributed by atoms with Crippen molar-refractivity contribution in [3.8, 4) is 0 Å². The highest BCUT2D eigenvalue weighted by Crippen LogP contribution is 2.26. The second kappa shape index (κ2) is 8.75. The molecular formula is C13H26F3NO. The maximum atomic E-state index is 11.9. The first-order valence-corrected chi connectivity index (χ1v) is 6.68.